The lowest BCUT2D eigenvalue weighted by Crippen LogP contribution is -2.36. The monoisotopic (exact) mass is 384 g/mol. The van der Waals surface area contributed by atoms with E-state index in [1.165, 1.54) is 18.4 Å². The molecule has 0 saturated carbocycles. The smallest absolute Gasteiger partial charge is 0.357 e. The molecule has 7 heteroatoms. The van der Waals surface area contributed by atoms with Crippen LogP contribution in [0.1, 0.15) is 68.4 Å². The minimum atomic E-state index is -0.448. The number of unbranched alkanes of at least 4 members (excludes halogenated alkanes) is 1. The summed E-state index contributed by atoms with van der Waals surface area (Å²) in [7, 11) is 1.34. The summed E-state index contributed by atoms with van der Waals surface area (Å²) in [5, 5.41) is 2.43. The fourth-order valence-corrected chi connectivity index (χ4v) is 3.50. The second-order valence-corrected chi connectivity index (χ2v) is 7.12. The van der Waals surface area contributed by atoms with Gasteiger partial charge in [0.25, 0.3) is 0 Å². The Morgan fingerprint density at radius 1 is 1.27 bits per heavy atom. The zero-order chi connectivity index (χ0) is 19.4. The second kappa shape index (κ2) is 12.8. The molecule has 1 unspecified atom stereocenters. The van der Waals surface area contributed by atoms with Crippen LogP contribution in [0, 0.1) is 5.92 Å². The number of thiazole rings is 1. The van der Waals surface area contributed by atoms with Gasteiger partial charge in [-0.1, -0.05) is 26.7 Å². The van der Waals surface area contributed by atoms with Gasteiger partial charge in [0, 0.05) is 31.1 Å². The van der Waals surface area contributed by atoms with Crippen molar-refractivity contribution in [1.29, 1.82) is 0 Å². The highest BCUT2D eigenvalue weighted by Gasteiger charge is 2.24. The largest absolute Gasteiger partial charge is 0.464 e. The molecule has 26 heavy (non-hydrogen) atoms. The van der Waals surface area contributed by atoms with Gasteiger partial charge in [0.2, 0.25) is 5.91 Å². The summed E-state index contributed by atoms with van der Waals surface area (Å²) in [6, 6.07) is 0. The first-order chi connectivity index (χ1) is 12.6. The maximum absolute atomic E-state index is 13.0. The molecule has 0 N–H and O–H groups in total. The molecule has 0 fully saturated rings. The summed E-state index contributed by atoms with van der Waals surface area (Å²) in [4.78, 5) is 30.8. The Bertz CT molecular complexity index is 547. The van der Waals surface area contributed by atoms with E-state index in [1.807, 2.05) is 11.8 Å². The van der Waals surface area contributed by atoms with Crippen LogP contribution < -0.4 is 0 Å². The zero-order valence-corrected chi connectivity index (χ0v) is 17.3. The van der Waals surface area contributed by atoms with Gasteiger partial charge in [-0.3, -0.25) is 4.79 Å². The van der Waals surface area contributed by atoms with Crippen LogP contribution in [0.3, 0.4) is 0 Å². The Morgan fingerprint density at radius 2 is 2.04 bits per heavy atom. The number of carbonyl (C=O) groups excluding carboxylic acids is 2. The molecule has 1 aromatic heterocycles. The fourth-order valence-electron chi connectivity index (χ4n) is 2.73. The van der Waals surface area contributed by atoms with E-state index in [0.29, 0.717) is 32.0 Å². The van der Waals surface area contributed by atoms with E-state index in [9.17, 15) is 9.59 Å². The van der Waals surface area contributed by atoms with Gasteiger partial charge in [-0.2, -0.15) is 0 Å². The Labute approximate surface area is 160 Å². The van der Waals surface area contributed by atoms with Gasteiger partial charge in [-0.05, 0) is 26.2 Å². The van der Waals surface area contributed by atoms with E-state index >= 15 is 0 Å². The Morgan fingerprint density at radius 3 is 2.65 bits per heavy atom. The molecular weight excluding hydrogens is 352 g/mol. The molecule has 0 aliphatic rings. The van der Waals surface area contributed by atoms with Crippen molar-refractivity contribution in [2.45, 2.75) is 59.4 Å². The maximum atomic E-state index is 13.0. The number of ether oxygens (including phenoxy) is 2. The highest BCUT2D eigenvalue weighted by Crippen LogP contribution is 2.20. The van der Waals surface area contributed by atoms with Crippen LogP contribution in [0.4, 0.5) is 0 Å². The van der Waals surface area contributed by atoms with Gasteiger partial charge in [0.15, 0.2) is 5.69 Å². The fraction of sp³-hybridized carbons (Fsp3) is 0.737. The topological polar surface area (TPSA) is 68.7 Å². The quantitative estimate of drug-likeness (QED) is 0.381. The van der Waals surface area contributed by atoms with Gasteiger partial charge >= 0.3 is 5.97 Å². The normalized spacial score (nSPS) is 12.0. The molecule has 1 atom stereocenters. The number of aromatic nitrogens is 1. The summed E-state index contributed by atoms with van der Waals surface area (Å²) in [6.45, 7) is 8.54. The minimum absolute atomic E-state index is 0.0436. The third-order valence-electron chi connectivity index (χ3n) is 4.25. The summed E-state index contributed by atoms with van der Waals surface area (Å²) in [5.74, 6) is -0.231. The number of carbonyl (C=O) groups is 2. The molecule has 0 spiro atoms. The third-order valence-corrected chi connectivity index (χ3v) is 5.09. The van der Waals surface area contributed by atoms with Crippen LogP contribution in [0.2, 0.25) is 0 Å². The first-order valence-electron chi connectivity index (χ1n) is 9.46. The molecule has 0 saturated heterocycles. The van der Waals surface area contributed by atoms with E-state index in [1.54, 1.807) is 5.38 Å². The molecule has 0 bridgehead atoms. The van der Waals surface area contributed by atoms with Crippen LogP contribution in [-0.4, -0.2) is 48.6 Å². The number of esters is 1. The number of methoxy groups -OCH3 is 1. The minimum Gasteiger partial charge on any atom is -0.464 e. The lowest BCUT2D eigenvalue weighted by molar-refractivity contribution is -0.136. The number of hydrogen-bond donors (Lipinski definition) is 0. The average Bonchev–Trinajstić information content (AvgIpc) is 3.12. The molecule has 1 amide bonds. The highest BCUT2D eigenvalue weighted by atomic mass is 32.1. The molecular formula is C19H32N2O4S. The first-order valence-corrected chi connectivity index (χ1v) is 10.3. The van der Waals surface area contributed by atoms with E-state index < -0.39 is 5.97 Å². The molecule has 0 aliphatic carbocycles. The summed E-state index contributed by atoms with van der Waals surface area (Å²) >= 11 is 1.38. The van der Waals surface area contributed by atoms with Crippen LogP contribution in [0.5, 0.6) is 0 Å². The van der Waals surface area contributed by atoms with Crippen molar-refractivity contribution in [3.63, 3.8) is 0 Å². The van der Waals surface area contributed by atoms with Crippen molar-refractivity contribution in [2.24, 2.45) is 5.92 Å². The van der Waals surface area contributed by atoms with Crippen LogP contribution in [-0.2, 0) is 20.8 Å². The molecule has 148 valence electrons. The lowest BCUT2D eigenvalue weighted by atomic mass is 9.97. The van der Waals surface area contributed by atoms with Crippen molar-refractivity contribution in [3.05, 3.63) is 16.1 Å². The molecule has 0 radical (unpaired) electrons. The standard InChI is InChI=1S/C19H32N2O4S/c1-5-8-10-15(6-2)18(22)21(11-9-12-25-7-3)13-17-20-16(14-26-17)19(23)24-4/h14-15H,5-13H2,1-4H3. The highest BCUT2D eigenvalue weighted by molar-refractivity contribution is 7.09. The Balaban J connectivity index is 2.80. The Kier molecular flexibility index (Phi) is 11.1. The number of nitrogens with zero attached hydrogens (tertiary/aromatic N) is 2. The van der Waals surface area contributed by atoms with Crippen molar-refractivity contribution < 1.29 is 19.1 Å². The maximum Gasteiger partial charge on any atom is 0.357 e. The second-order valence-electron chi connectivity index (χ2n) is 6.18. The molecule has 0 aromatic carbocycles. The molecule has 6 nitrogen and oxygen atoms in total. The van der Waals surface area contributed by atoms with Gasteiger partial charge in [0.1, 0.15) is 5.01 Å². The summed E-state index contributed by atoms with van der Waals surface area (Å²) < 4.78 is 10.1. The third kappa shape index (κ3) is 7.41. The van der Waals surface area contributed by atoms with E-state index in [-0.39, 0.29) is 11.8 Å². The van der Waals surface area contributed by atoms with Crippen molar-refractivity contribution in [2.75, 3.05) is 26.9 Å². The van der Waals surface area contributed by atoms with Crippen LogP contribution in [0.25, 0.3) is 0 Å². The molecule has 0 aliphatic heterocycles. The van der Waals surface area contributed by atoms with Crippen LogP contribution in [0.15, 0.2) is 5.38 Å². The van der Waals surface area contributed by atoms with Gasteiger partial charge in [-0.25, -0.2) is 9.78 Å². The Hall–Kier alpha value is -1.47. The van der Waals surface area contributed by atoms with Crippen molar-refractivity contribution >= 4 is 23.2 Å². The lowest BCUT2D eigenvalue weighted by Gasteiger charge is -2.26. The summed E-state index contributed by atoms with van der Waals surface area (Å²) in [5.41, 5.74) is 0.298. The van der Waals surface area contributed by atoms with E-state index in [4.69, 9.17) is 9.47 Å². The van der Waals surface area contributed by atoms with Crippen LogP contribution >= 0.6 is 11.3 Å². The zero-order valence-electron chi connectivity index (χ0n) is 16.5. The number of rotatable bonds is 13. The predicted molar refractivity (Wildman–Crippen MR) is 103 cm³/mol. The van der Waals surface area contributed by atoms with Crippen molar-refractivity contribution in [1.82, 2.24) is 9.88 Å². The van der Waals surface area contributed by atoms with E-state index in [2.05, 4.69) is 18.8 Å². The van der Waals surface area contributed by atoms with Gasteiger partial charge in [0.05, 0.1) is 13.7 Å². The number of amides is 1. The average molecular weight is 385 g/mol. The van der Waals surface area contributed by atoms with E-state index in [0.717, 1.165) is 37.1 Å². The van der Waals surface area contributed by atoms with Gasteiger partial charge in [-0.15, -0.1) is 11.3 Å². The van der Waals surface area contributed by atoms with Crippen molar-refractivity contribution in [3.8, 4) is 0 Å². The molecule has 1 aromatic rings. The summed E-state index contributed by atoms with van der Waals surface area (Å²) in [6.07, 6.45) is 4.69. The first kappa shape index (κ1) is 22.6. The predicted octanol–water partition coefficient (Wildman–Crippen LogP) is 3.90. The van der Waals surface area contributed by atoms with Gasteiger partial charge < -0.3 is 14.4 Å². The molecule has 1 heterocycles. The number of hydrogen-bond acceptors (Lipinski definition) is 6. The SMILES string of the molecule is CCCCC(CC)C(=O)N(CCCOCC)Cc1nc(C(=O)OC)cs1. The molecule has 1 rings (SSSR count).